The number of piperidine rings is 1. The molecule has 2 aromatic rings. The number of carbonyl (C=O) groups excluding carboxylic acids is 3. The third-order valence-corrected chi connectivity index (χ3v) is 6.21. The van der Waals surface area contributed by atoms with E-state index >= 15 is 0 Å². The van der Waals surface area contributed by atoms with Crippen molar-refractivity contribution in [2.75, 3.05) is 32.1 Å². The summed E-state index contributed by atoms with van der Waals surface area (Å²) in [5.74, 6) is 0.376. The third kappa shape index (κ3) is 7.47. The van der Waals surface area contributed by atoms with Crippen LogP contribution in [0.3, 0.4) is 0 Å². The first-order valence-electron chi connectivity index (χ1n) is 12.1. The lowest BCUT2D eigenvalue weighted by Gasteiger charge is -2.36. The van der Waals surface area contributed by atoms with Gasteiger partial charge in [-0.05, 0) is 68.0 Å². The summed E-state index contributed by atoms with van der Waals surface area (Å²) in [6, 6.07) is 13.6. The number of methoxy groups -OCH3 is 1. The Balaban J connectivity index is 1.63. The molecule has 2 aromatic carbocycles. The zero-order valence-electron chi connectivity index (χ0n) is 21.0. The Labute approximate surface area is 207 Å². The van der Waals surface area contributed by atoms with Crippen LogP contribution in [-0.4, -0.2) is 55.5 Å². The second-order valence-electron chi connectivity index (χ2n) is 9.44. The zero-order chi connectivity index (χ0) is 25.4. The summed E-state index contributed by atoms with van der Waals surface area (Å²) in [6.45, 7) is 7.60. The van der Waals surface area contributed by atoms with Crippen LogP contribution < -0.4 is 20.7 Å². The molecule has 0 spiro atoms. The van der Waals surface area contributed by atoms with Gasteiger partial charge in [-0.3, -0.25) is 9.59 Å². The second kappa shape index (κ2) is 12.2. The number of benzene rings is 2. The third-order valence-electron chi connectivity index (χ3n) is 6.21. The molecule has 1 aliphatic heterocycles. The van der Waals surface area contributed by atoms with E-state index in [4.69, 9.17) is 4.74 Å². The van der Waals surface area contributed by atoms with E-state index in [0.29, 0.717) is 49.7 Å². The number of urea groups is 1. The number of anilines is 1. The van der Waals surface area contributed by atoms with Gasteiger partial charge in [-0.2, -0.15) is 0 Å². The summed E-state index contributed by atoms with van der Waals surface area (Å²) in [5.41, 5.74) is 2.34. The molecule has 0 aliphatic carbocycles. The average Bonchev–Trinajstić information content (AvgIpc) is 2.87. The van der Waals surface area contributed by atoms with Crippen LogP contribution >= 0.6 is 0 Å². The molecule has 1 saturated heterocycles. The first kappa shape index (κ1) is 26.1. The van der Waals surface area contributed by atoms with Crippen LogP contribution in [-0.2, 0) is 4.79 Å². The van der Waals surface area contributed by atoms with E-state index in [1.54, 1.807) is 36.3 Å². The van der Waals surface area contributed by atoms with Crippen LogP contribution in [0.2, 0.25) is 0 Å². The van der Waals surface area contributed by atoms with Crippen molar-refractivity contribution in [1.82, 2.24) is 15.5 Å². The molecule has 4 amide bonds. The second-order valence-corrected chi connectivity index (χ2v) is 9.44. The molecule has 8 nitrogen and oxygen atoms in total. The molecule has 188 valence electrons. The molecule has 1 atom stereocenters. The van der Waals surface area contributed by atoms with Gasteiger partial charge in [0.25, 0.3) is 5.91 Å². The van der Waals surface area contributed by atoms with Gasteiger partial charge in [0.15, 0.2) is 0 Å². The van der Waals surface area contributed by atoms with Gasteiger partial charge >= 0.3 is 6.03 Å². The molecule has 0 bridgehead atoms. The maximum Gasteiger partial charge on any atom is 0.321 e. The lowest BCUT2D eigenvalue weighted by Crippen LogP contribution is -2.54. The lowest BCUT2D eigenvalue weighted by atomic mass is 9.88. The van der Waals surface area contributed by atoms with Crippen molar-refractivity contribution >= 4 is 23.5 Å². The van der Waals surface area contributed by atoms with Crippen molar-refractivity contribution < 1.29 is 19.1 Å². The number of nitrogens with one attached hydrogen (secondary N) is 3. The van der Waals surface area contributed by atoms with Crippen LogP contribution in [0, 0.1) is 18.8 Å². The molecule has 1 fully saturated rings. The predicted molar refractivity (Wildman–Crippen MR) is 137 cm³/mol. The smallest absolute Gasteiger partial charge is 0.321 e. The monoisotopic (exact) mass is 480 g/mol. The molecular weight excluding hydrogens is 444 g/mol. The number of carbonyl (C=O) groups is 3. The van der Waals surface area contributed by atoms with Crippen LogP contribution in [0.4, 0.5) is 10.5 Å². The van der Waals surface area contributed by atoms with Gasteiger partial charge in [-0.1, -0.05) is 31.5 Å². The maximum absolute atomic E-state index is 13.1. The number of likely N-dealkylation sites (tertiary alicyclic amines) is 1. The fourth-order valence-corrected chi connectivity index (χ4v) is 4.05. The molecule has 8 heteroatoms. The molecular formula is C27H36N4O4. The van der Waals surface area contributed by atoms with E-state index < -0.39 is 6.04 Å². The minimum Gasteiger partial charge on any atom is -0.497 e. The van der Waals surface area contributed by atoms with Gasteiger partial charge < -0.3 is 25.6 Å². The van der Waals surface area contributed by atoms with Gasteiger partial charge in [0, 0.05) is 30.9 Å². The van der Waals surface area contributed by atoms with Crippen LogP contribution in [0.25, 0.3) is 0 Å². The van der Waals surface area contributed by atoms with Crippen LogP contribution in [0.15, 0.2) is 48.5 Å². The van der Waals surface area contributed by atoms with Gasteiger partial charge in [0.05, 0.1) is 7.11 Å². The fourth-order valence-electron chi connectivity index (χ4n) is 4.05. The molecule has 0 saturated carbocycles. The van der Waals surface area contributed by atoms with E-state index in [9.17, 15) is 14.4 Å². The lowest BCUT2D eigenvalue weighted by molar-refractivity contribution is -0.124. The van der Waals surface area contributed by atoms with Crippen molar-refractivity contribution in [2.24, 2.45) is 11.8 Å². The first-order chi connectivity index (χ1) is 16.8. The largest absolute Gasteiger partial charge is 0.497 e. The summed E-state index contributed by atoms with van der Waals surface area (Å²) in [5, 5.41) is 8.83. The summed E-state index contributed by atoms with van der Waals surface area (Å²) < 4.78 is 5.16. The molecule has 3 N–H and O–H groups in total. The van der Waals surface area contributed by atoms with E-state index in [0.717, 1.165) is 11.3 Å². The zero-order valence-corrected chi connectivity index (χ0v) is 21.0. The Kier molecular flexibility index (Phi) is 9.11. The van der Waals surface area contributed by atoms with Crippen LogP contribution in [0.5, 0.6) is 5.75 Å². The van der Waals surface area contributed by atoms with E-state index in [1.165, 1.54) is 0 Å². The van der Waals surface area contributed by atoms with Gasteiger partial charge in [-0.15, -0.1) is 0 Å². The standard InChI is InChI=1S/C27H36N4O4/c1-18(2)17-28-26(33)24(30-25(32)21-7-11-23(35-4)12-8-21)20-13-15-31(16-14-20)27(34)29-22-9-5-19(3)6-10-22/h5-12,18,20,24H,13-17H2,1-4H3,(H,28,33)(H,29,34)(H,30,32). The van der Waals surface area contributed by atoms with Gasteiger partial charge in [0.2, 0.25) is 5.91 Å². The first-order valence-corrected chi connectivity index (χ1v) is 12.1. The minimum absolute atomic E-state index is 0.0761. The Morgan fingerprint density at radius 1 is 1.00 bits per heavy atom. The van der Waals surface area contributed by atoms with Crippen molar-refractivity contribution in [2.45, 2.75) is 39.7 Å². The maximum atomic E-state index is 13.1. The Hall–Kier alpha value is -3.55. The van der Waals surface area contributed by atoms with E-state index in [2.05, 4.69) is 16.0 Å². The predicted octanol–water partition coefficient (Wildman–Crippen LogP) is 3.82. The highest BCUT2D eigenvalue weighted by Gasteiger charge is 2.34. The van der Waals surface area contributed by atoms with Gasteiger partial charge in [-0.25, -0.2) is 4.79 Å². The Bertz CT molecular complexity index is 997. The van der Waals surface area contributed by atoms with Crippen molar-refractivity contribution in [3.8, 4) is 5.75 Å². The summed E-state index contributed by atoms with van der Waals surface area (Å²) in [7, 11) is 1.57. The van der Waals surface area contributed by atoms with Crippen molar-refractivity contribution in [3.63, 3.8) is 0 Å². The SMILES string of the molecule is COc1ccc(C(=O)NC(C(=O)NCC(C)C)C2CCN(C(=O)Nc3ccc(C)cc3)CC2)cc1. The molecule has 0 aromatic heterocycles. The Morgan fingerprint density at radius 2 is 1.63 bits per heavy atom. The normalized spacial score (nSPS) is 14.8. The number of hydrogen-bond donors (Lipinski definition) is 3. The molecule has 3 rings (SSSR count). The van der Waals surface area contributed by atoms with Crippen LogP contribution in [0.1, 0.15) is 42.6 Å². The Morgan fingerprint density at radius 3 is 2.20 bits per heavy atom. The van der Waals surface area contributed by atoms with Crippen molar-refractivity contribution in [1.29, 1.82) is 0 Å². The summed E-state index contributed by atoms with van der Waals surface area (Å²) >= 11 is 0. The average molecular weight is 481 g/mol. The number of aryl methyl sites for hydroxylation is 1. The summed E-state index contributed by atoms with van der Waals surface area (Å²) in [6.07, 6.45) is 1.23. The molecule has 1 unspecified atom stereocenters. The number of rotatable bonds is 8. The number of nitrogens with zero attached hydrogens (tertiary/aromatic N) is 1. The van der Waals surface area contributed by atoms with Crippen molar-refractivity contribution in [3.05, 3.63) is 59.7 Å². The number of ether oxygens (including phenoxy) is 1. The van der Waals surface area contributed by atoms with Gasteiger partial charge in [0.1, 0.15) is 11.8 Å². The molecule has 35 heavy (non-hydrogen) atoms. The molecule has 1 heterocycles. The number of hydrogen-bond acceptors (Lipinski definition) is 4. The van der Waals surface area contributed by atoms with E-state index in [1.807, 2.05) is 45.0 Å². The van der Waals surface area contributed by atoms with E-state index in [-0.39, 0.29) is 23.8 Å². The minimum atomic E-state index is -0.675. The fraction of sp³-hybridized carbons (Fsp3) is 0.444. The number of amides is 4. The summed E-state index contributed by atoms with van der Waals surface area (Å²) in [4.78, 5) is 40.5. The highest BCUT2D eigenvalue weighted by atomic mass is 16.5. The topological polar surface area (TPSA) is 99.8 Å². The highest BCUT2D eigenvalue weighted by molar-refractivity contribution is 5.97. The molecule has 0 radical (unpaired) electrons. The molecule has 1 aliphatic rings. The highest BCUT2D eigenvalue weighted by Crippen LogP contribution is 2.23. The quantitative estimate of drug-likeness (QED) is 0.535.